The van der Waals surface area contributed by atoms with Crippen molar-refractivity contribution in [3.05, 3.63) is 37.0 Å². The van der Waals surface area contributed by atoms with Gasteiger partial charge in [0.2, 0.25) is 0 Å². The van der Waals surface area contributed by atoms with E-state index >= 15 is 0 Å². The Morgan fingerprint density at radius 2 is 1.39 bits per heavy atom. The van der Waals surface area contributed by atoms with Gasteiger partial charge in [-0.15, -0.1) is 6.58 Å². The quantitative estimate of drug-likeness (QED) is 0.346. The molecule has 3 aliphatic rings. The Balaban J connectivity index is 1.34. The van der Waals surface area contributed by atoms with Crippen LogP contribution >= 0.6 is 0 Å². The maximum absolute atomic E-state index is 12.4. The molecule has 2 aliphatic carbocycles. The van der Waals surface area contributed by atoms with Crippen molar-refractivity contribution in [2.24, 2.45) is 29.6 Å². The molecule has 0 aromatic carbocycles. The van der Waals surface area contributed by atoms with Crippen LogP contribution in [-0.4, -0.2) is 19.5 Å². The van der Waals surface area contributed by atoms with E-state index in [4.69, 9.17) is 9.47 Å². The van der Waals surface area contributed by atoms with Gasteiger partial charge in [0, 0.05) is 11.8 Å². The summed E-state index contributed by atoms with van der Waals surface area (Å²) in [6.07, 6.45) is 17.0. The van der Waals surface area contributed by atoms with E-state index in [2.05, 4.69) is 18.7 Å². The Labute approximate surface area is 169 Å². The van der Waals surface area contributed by atoms with Crippen molar-refractivity contribution in [3.63, 3.8) is 0 Å². The highest BCUT2D eigenvalue weighted by atomic mass is 19.3. The highest BCUT2D eigenvalue weighted by molar-refractivity contribution is 4.94. The number of hydrogen-bond donors (Lipinski definition) is 0. The van der Waals surface area contributed by atoms with E-state index in [0.717, 1.165) is 57.8 Å². The molecule has 0 spiro atoms. The zero-order valence-corrected chi connectivity index (χ0v) is 17.0. The average molecular weight is 395 g/mol. The molecule has 1 heterocycles. The van der Waals surface area contributed by atoms with Crippen LogP contribution in [0, 0.1) is 29.6 Å². The van der Waals surface area contributed by atoms with Gasteiger partial charge in [0.25, 0.3) is 6.08 Å². The van der Waals surface area contributed by atoms with E-state index in [9.17, 15) is 8.78 Å². The highest BCUT2D eigenvalue weighted by Gasteiger charge is 2.35. The minimum Gasteiger partial charge on any atom is -0.352 e. The summed E-state index contributed by atoms with van der Waals surface area (Å²) in [5.74, 6) is 2.27. The van der Waals surface area contributed by atoms with Crippen LogP contribution in [-0.2, 0) is 9.47 Å². The molecule has 0 radical (unpaired) electrons. The van der Waals surface area contributed by atoms with E-state index in [1.807, 2.05) is 6.08 Å². The minimum atomic E-state index is -1.53. The molecular formula is C24H36F2O2. The largest absolute Gasteiger partial charge is 0.352 e. The molecule has 28 heavy (non-hydrogen) atoms. The van der Waals surface area contributed by atoms with Crippen LogP contribution in [0.15, 0.2) is 37.0 Å². The van der Waals surface area contributed by atoms with Gasteiger partial charge in [0.05, 0.1) is 13.2 Å². The van der Waals surface area contributed by atoms with Gasteiger partial charge in [0.1, 0.15) is 0 Å². The molecule has 0 unspecified atom stereocenters. The third kappa shape index (κ3) is 6.52. The fourth-order valence-electron chi connectivity index (χ4n) is 5.15. The monoisotopic (exact) mass is 394 g/mol. The van der Waals surface area contributed by atoms with E-state index < -0.39 is 6.08 Å². The van der Waals surface area contributed by atoms with Gasteiger partial charge in [0.15, 0.2) is 6.29 Å². The molecule has 0 bridgehead atoms. The lowest BCUT2D eigenvalue weighted by atomic mass is 9.76. The molecule has 3 rings (SSSR count). The number of rotatable bonds is 7. The fourth-order valence-corrected chi connectivity index (χ4v) is 5.15. The Hall–Kier alpha value is -1.00. The SMILES string of the molecule is C=CCCC=CC1CCC(C2OCC(C3CCC(C=C(F)F)CC3)CO2)CC1. The first-order valence-electron chi connectivity index (χ1n) is 11.2. The number of unbranched alkanes of at least 4 members (excludes halogenated alkanes) is 1. The first-order valence-corrected chi connectivity index (χ1v) is 11.2. The van der Waals surface area contributed by atoms with E-state index in [0.29, 0.717) is 23.7 Å². The van der Waals surface area contributed by atoms with E-state index in [1.165, 1.54) is 25.7 Å². The van der Waals surface area contributed by atoms with Crippen LogP contribution in [0.3, 0.4) is 0 Å². The van der Waals surface area contributed by atoms with Gasteiger partial charge in [-0.05, 0) is 88.0 Å². The first kappa shape index (κ1) is 21.7. The predicted octanol–water partition coefficient (Wildman–Crippen LogP) is 6.89. The molecule has 4 heteroatoms. The Kier molecular flexibility index (Phi) is 8.72. The molecule has 0 aromatic heterocycles. The minimum absolute atomic E-state index is 0.0400. The van der Waals surface area contributed by atoms with Crippen LogP contribution in [0.4, 0.5) is 8.78 Å². The summed E-state index contributed by atoms with van der Waals surface area (Å²) in [5.41, 5.74) is 0. The molecule has 1 aliphatic heterocycles. The summed E-state index contributed by atoms with van der Waals surface area (Å²) < 4.78 is 37.1. The van der Waals surface area contributed by atoms with Crippen molar-refractivity contribution in [1.29, 1.82) is 0 Å². The van der Waals surface area contributed by atoms with Crippen molar-refractivity contribution in [3.8, 4) is 0 Å². The van der Waals surface area contributed by atoms with E-state index in [1.54, 1.807) is 0 Å². The molecule has 2 nitrogen and oxygen atoms in total. The lowest BCUT2D eigenvalue weighted by molar-refractivity contribution is -0.236. The molecule has 0 aromatic rings. The lowest BCUT2D eigenvalue weighted by Crippen LogP contribution is -2.41. The second-order valence-electron chi connectivity index (χ2n) is 8.90. The summed E-state index contributed by atoms with van der Waals surface area (Å²) in [5, 5.41) is 0. The highest BCUT2D eigenvalue weighted by Crippen LogP contribution is 2.39. The smallest absolute Gasteiger partial charge is 0.266 e. The van der Waals surface area contributed by atoms with Crippen molar-refractivity contribution in [2.45, 2.75) is 70.5 Å². The zero-order valence-electron chi connectivity index (χ0n) is 17.0. The summed E-state index contributed by atoms with van der Waals surface area (Å²) in [4.78, 5) is 0. The third-order valence-corrected chi connectivity index (χ3v) is 6.94. The molecule has 158 valence electrons. The molecule has 0 atom stereocenters. The van der Waals surface area contributed by atoms with Gasteiger partial charge >= 0.3 is 0 Å². The van der Waals surface area contributed by atoms with Crippen LogP contribution in [0.2, 0.25) is 0 Å². The Morgan fingerprint density at radius 1 is 0.786 bits per heavy atom. The number of halogens is 2. The molecule has 0 N–H and O–H groups in total. The molecular weight excluding hydrogens is 358 g/mol. The number of hydrogen-bond acceptors (Lipinski definition) is 2. The number of allylic oxidation sites excluding steroid dienone is 4. The summed E-state index contributed by atoms with van der Waals surface area (Å²) in [6, 6.07) is 0. The van der Waals surface area contributed by atoms with Crippen LogP contribution in [0.5, 0.6) is 0 Å². The Morgan fingerprint density at radius 3 is 2.00 bits per heavy atom. The topological polar surface area (TPSA) is 18.5 Å². The molecule has 3 fully saturated rings. The summed E-state index contributed by atoms with van der Waals surface area (Å²) >= 11 is 0. The zero-order chi connectivity index (χ0) is 19.8. The van der Waals surface area contributed by atoms with Crippen LogP contribution in [0.25, 0.3) is 0 Å². The van der Waals surface area contributed by atoms with Crippen molar-refractivity contribution in [2.75, 3.05) is 13.2 Å². The summed E-state index contributed by atoms with van der Waals surface area (Å²) in [6.45, 7) is 5.31. The van der Waals surface area contributed by atoms with Crippen molar-refractivity contribution < 1.29 is 18.3 Å². The van der Waals surface area contributed by atoms with Gasteiger partial charge in [-0.25, -0.2) is 0 Å². The molecule has 1 saturated heterocycles. The first-order chi connectivity index (χ1) is 13.7. The van der Waals surface area contributed by atoms with Gasteiger partial charge < -0.3 is 9.47 Å². The van der Waals surface area contributed by atoms with Crippen LogP contribution < -0.4 is 0 Å². The summed E-state index contributed by atoms with van der Waals surface area (Å²) in [7, 11) is 0. The molecule has 0 amide bonds. The predicted molar refractivity (Wildman–Crippen MR) is 109 cm³/mol. The molecule has 2 saturated carbocycles. The van der Waals surface area contributed by atoms with Gasteiger partial charge in [-0.3, -0.25) is 0 Å². The lowest BCUT2D eigenvalue weighted by Gasteiger charge is -2.40. The second kappa shape index (κ2) is 11.3. The van der Waals surface area contributed by atoms with Crippen molar-refractivity contribution >= 4 is 0 Å². The standard InChI is InChI=1S/C24H36F2O2/c1-2-3-4-5-6-18-7-13-21(14-8-18)24-27-16-22(17-28-24)20-11-9-19(10-12-20)15-23(25)26/h2,5-6,15,18-22,24H,1,3-4,7-14,16-17H2. The maximum Gasteiger partial charge on any atom is 0.266 e. The normalized spacial score (nSPS) is 36.9. The fraction of sp³-hybridized carbons (Fsp3) is 0.750. The maximum atomic E-state index is 12.4. The second-order valence-corrected chi connectivity index (χ2v) is 8.90. The third-order valence-electron chi connectivity index (χ3n) is 6.94. The average Bonchev–Trinajstić information content (AvgIpc) is 2.72. The van der Waals surface area contributed by atoms with E-state index in [-0.39, 0.29) is 12.2 Å². The number of ether oxygens (including phenoxy) is 2. The van der Waals surface area contributed by atoms with Crippen molar-refractivity contribution in [1.82, 2.24) is 0 Å². The Bertz CT molecular complexity index is 517. The van der Waals surface area contributed by atoms with Gasteiger partial charge in [-0.2, -0.15) is 8.78 Å². The van der Waals surface area contributed by atoms with Crippen LogP contribution in [0.1, 0.15) is 64.2 Å². The van der Waals surface area contributed by atoms with Gasteiger partial charge in [-0.1, -0.05) is 18.2 Å².